The Hall–Kier alpha value is -1.99. The summed E-state index contributed by atoms with van der Waals surface area (Å²) in [6.07, 6.45) is 30.8. The fourth-order valence-electron chi connectivity index (χ4n) is 3.52. The second-order valence-corrected chi connectivity index (χ2v) is 10.5. The van der Waals surface area contributed by atoms with Crippen LogP contribution in [0.2, 0.25) is 0 Å². The molecule has 0 spiro atoms. The van der Waals surface area contributed by atoms with Crippen LogP contribution in [-0.2, 0) is 28.2 Å². The van der Waals surface area contributed by atoms with Crippen LogP contribution < -0.4 is 0 Å². The second kappa shape index (κ2) is 26.2. The van der Waals surface area contributed by atoms with Crippen molar-refractivity contribution < 1.29 is 37.9 Å². The van der Waals surface area contributed by atoms with E-state index in [1.807, 2.05) is 0 Å². The minimum atomic E-state index is -4.72. The first-order valence-electron chi connectivity index (χ1n) is 14.4. The average Bonchev–Trinajstić information content (AvgIpc) is 2.90. The third-order valence-corrected chi connectivity index (χ3v) is 6.15. The van der Waals surface area contributed by atoms with Crippen LogP contribution in [0.25, 0.3) is 0 Å². The SMILES string of the molecule is CC/C=C\C/C=C\C/C=C\C/C=C\CCCCCCCCCCC(=O)OC(COC(=O)CC)COP(=O)(O)O. The van der Waals surface area contributed by atoms with Gasteiger partial charge in [0, 0.05) is 12.8 Å². The van der Waals surface area contributed by atoms with Crippen molar-refractivity contribution in [2.45, 2.75) is 116 Å². The van der Waals surface area contributed by atoms with Gasteiger partial charge in [0.25, 0.3) is 0 Å². The summed E-state index contributed by atoms with van der Waals surface area (Å²) in [4.78, 5) is 41.1. The van der Waals surface area contributed by atoms with Gasteiger partial charge in [-0.1, -0.05) is 101 Å². The number of carbonyl (C=O) groups excluding carboxylic acids is 2. The molecule has 0 aromatic carbocycles. The molecular weight excluding hydrogens is 519 g/mol. The summed E-state index contributed by atoms with van der Waals surface area (Å²) in [5.74, 6) is -1.00. The predicted molar refractivity (Wildman–Crippen MR) is 156 cm³/mol. The molecule has 8 nitrogen and oxygen atoms in total. The smallest absolute Gasteiger partial charge is 0.462 e. The molecule has 224 valence electrons. The van der Waals surface area contributed by atoms with Gasteiger partial charge >= 0.3 is 19.8 Å². The van der Waals surface area contributed by atoms with E-state index in [1.54, 1.807) is 6.92 Å². The highest BCUT2D eigenvalue weighted by molar-refractivity contribution is 7.46. The van der Waals surface area contributed by atoms with Gasteiger partial charge in [0.05, 0.1) is 6.61 Å². The van der Waals surface area contributed by atoms with Gasteiger partial charge in [-0.3, -0.25) is 14.1 Å². The van der Waals surface area contributed by atoms with Crippen LogP contribution in [0, 0.1) is 0 Å². The maximum Gasteiger partial charge on any atom is 0.469 e. The minimum absolute atomic E-state index is 0.144. The Morgan fingerprint density at radius 1 is 0.692 bits per heavy atom. The first kappa shape index (κ1) is 37.0. The number of ether oxygens (including phenoxy) is 2. The standard InChI is InChI=1S/C30H51O8P/c1-3-5-6-7-8-9-10-11-12-13-14-15-16-17-18-19-20-21-22-23-24-25-30(32)38-28(26-36-29(31)4-2)27-37-39(33,34)35/h5-6,8-9,11-12,14-15,28H,3-4,7,10,13,16-27H2,1-2H3,(H2,33,34,35)/b6-5-,9-8-,12-11-,15-14-. The molecule has 0 rings (SSSR count). The largest absolute Gasteiger partial charge is 0.469 e. The van der Waals surface area contributed by atoms with Crippen molar-refractivity contribution in [2.24, 2.45) is 0 Å². The van der Waals surface area contributed by atoms with Crippen LogP contribution >= 0.6 is 7.82 Å². The lowest BCUT2D eigenvalue weighted by molar-refractivity contribution is -0.161. The fraction of sp³-hybridized carbons (Fsp3) is 0.667. The monoisotopic (exact) mass is 570 g/mol. The van der Waals surface area contributed by atoms with E-state index < -0.39 is 32.5 Å². The second-order valence-electron chi connectivity index (χ2n) is 9.30. The Kier molecular flexibility index (Phi) is 24.9. The van der Waals surface area contributed by atoms with Gasteiger partial charge in [0.15, 0.2) is 6.10 Å². The molecule has 9 heteroatoms. The molecular formula is C30H51O8P. The lowest BCUT2D eigenvalue weighted by Crippen LogP contribution is -2.29. The predicted octanol–water partition coefficient (Wildman–Crippen LogP) is 7.67. The van der Waals surface area contributed by atoms with E-state index in [9.17, 15) is 14.2 Å². The Bertz CT molecular complexity index is 782. The lowest BCUT2D eigenvalue weighted by Gasteiger charge is -2.18. The number of rotatable bonds is 25. The molecule has 39 heavy (non-hydrogen) atoms. The summed E-state index contributed by atoms with van der Waals surface area (Å²) in [7, 11) is -4.72. The molecule has 2 N–H and O–H groups in total. The molecule has 0 aliphatic carbocycles. The molecule has 0 amide bonds. The first-order chi connectivity index (χ1) is 18.8. The number of allylic oxidation sites excluding steroid dienone is 8. The first-order valence-corrected chi connectivity index (χ1v) is 16.0. The maximum absolute atomic E-state index is 12.1. The summed E-state index contributed by atoms with van der Waals surface area (Å²) >= 11 is 0. The van der Waals surface area contributed by atoms with Gasteiger partial charge in [-0.2, -0.15) is 0 Å². The molecule has 0 heterocycles. The number of esters is 2. The zero-order chi connectivity index (χ0) is 29.0. The van der Waals surface area contributed by atoms with Gasteiger partial charge in [-0.15, -0.1) is 0 Å². The van der Waals surface area contributed by atoms with Crippen molar-refractivity contribution in [2.75, 3.05) is 13.2 Å². The van der Waals surface area contributed by atoms with Crippen LogP contribution in [0.3, 0.4) is 0 Å². The van der Waals surface area contributed by atoms with Gasteiger partial charge in [-0.25, -0.2) is 4.57 Å². The third-order valence-electron chi connectivity index (χ3n) is 5.67. The van der Waals surface area contributed by atoms with Crippen LogP contribution in [0.4, 0.5) is 0 Å². The van der Waals surface area contributed by atoms with Crippen molar-refractivity contribution in [1.82, 2.24) is 0 Å². The number of phosphoric ester groups is 1. The minimum Gasteiger partial charge on any atom is -0.462 e. The molecule has 1 atom stereocenters. The van der Waals surface area contributed by atoms with Crippen molar-refractivity contribution >= 4 is 19.8 Å². The summed E-state index contributed by atoms with van der Waals surface area (Å²) in [6, 6.07) is 0. The van der Waals surface area contributed by atoms with E-state index >= 15 is 0 Å². The molecule has 0 saturated carbocycles. The molecule has 0 bridgehead atoms. The van der Waals surface area contributed by atoms with E-state index in [1.165, 1.54) is 25.7 Å². The zero-order valence-corrected chi connectivity index (χ0v) is 24.9. The van der Waals surface area contributed by atoms with E-state index in [2.05, 4.69) is 60.1 Å². The van der Waals surface area contributed by atoms with E-state index in [-0.39, 0.29) is 19.4 Å². The van der Waals surface area contributed by atoms with Gasteiger partial charge in [0.1, 0.15) is 6.61 Å². The molecule has 0 saturated heterocycles. The molecule has 0 aromatic heterocycles. The van der Waals surface area contributed by atoms with Crippen molar-refractivity contribution in [3.8, 4) is 0 Å². The normalized spacial score (nSPS) is 13.2. The van der Waals surface area contributed by atoms with E-state index in [4.69, 9.17) is 19.3 Å². The average molecular weight is 571 g/mol. The molecule has 0 radical (unpaired) electrons. The number of hydrogen-bond acceptors (Lipinski definition) is 6. The van der Waals surface area contributed by atoms with Crippen molar-refractivity contribution in [1.29, 1.82) is 0 Å². The van der Waals surface area contributed by atoms with Gasteiger partial charge < -0.3 is 19.3 Å². The van der Waals surface area contributed by atoms with Gasteiger partial charge in [0.2, 0.25) is 0 Å². The topological polar surface area (TPSA) is 119 Å². The number of phosphoric acid groups is 1. The summed E-state index contributed by atoms with van der Waals surface area (Å²) in [5, 5.41) is 0. The number of unbranched alkanes of at least 4 members (excludes halogenated alkanes) is 8. The molecule has 0 aliphatic heterocycles. The number of carbonyl (C=O) groups is 2. The Morgan fingerprint density at radius 2 is 1.21 bits per heavy atom. The quantitative estimate of drug-likeness (QED) is 0.0497. The summed E-state index contributed by atoms with van der Waals surface area (Å²) in [5.41, 5.74) is 0. The Balaban J connectivity index is 3.74. The molecule has 0 aromatic rings. The number of hydrogen-bond donors (Lipinski definition) is 2. The highest BCUT2D eigenvalue weighted by Gasteiger charge is 2.22. The fourth-order valence-corrected chi connectivity index (χ4v) is 3.88. The summed E-state index contributed by atoms with van der Waals surface area (Å²) < 4.78 is 25.4. The van der Waals surface area contributed by atoms with E-state index in [0.29, 0.717) is 6.42 Å². The third kappa shape index (κ3) is 28.8. The van der Waals surface area contributed by atoms with Gasteiger partial charge in [-0.05, 0) is 44.9 Å². The highest BCUT2D eigenvalue weighted by atomic mass is 31.2. The van der Waals surface area contributed by atoms with Crippen molar-refractivity contribution in [3.05, 3.63) is 48.6 Å². The zero-order valence-electron chi connectivity index (χ0n) is 24.0. The summed E-state index contributed by atoms with van der Waals surface area (Å²) in [6.45, 7) is 2.91. The van der Waals surface area contributed by atoms with E-state index in [0.717, 1.165) is 51.4 Å². The van der Waals surface area contributed by atoms with Crippen LogP contribution in [-0.4, -0.2) is 41.0 Å². The van der Waals surface area contributed by atoms with Crippen LogP contribution in [0.1, 0.15) is 110 Å². The molecule has 0 fully saturated rings. The Labute approximate surface area is 235 Å². The molecule has 1 unspecified atom stereocenters. The van der Waals surface area contributed by atoms with Crippen molar-refractivity contribution in [3.63, 3.8) is 0 Å². The highest BCUT2D eigenvalue weighted by Crippen LogP contribution is 2.35. The molecule has 0 aliphatic rings. The van der Waals surface area contributed by atoms with Crippen LogP contribution in [0.5, 0.6) is 0 Å². The lowest BCUT2D eigenvalue weighted by atomic mass is 10.1. The van der Waals surface area contributed by atoms with Crippen LogP contribution in [0.15, 0.2) is 48.6 Å². The maximum atomic E-state index is 12.1. The Morgan fingerprint density at radius 3 is 1.74 bits per heavy atom.